The first-order valence-corrected chi connectivity index (χ1v) is 14.9. The number of methoxy groups -OCH3 is 1. The van der Waals surface area contributed by atoms with Crippen molar-refractivity contribution in [3.8, 4) is 0 Å². The molecule has 2 heterocycles. The highest BCUT2D eigenvalue weighted by molar-refractivity contribution is 5.66. The molecule has 0 aromatic rings. The van der Waals surface area contributed by atoms with E-state index in [9.17, 15) is 9.59 Å². The number of rotatable bonds is 4. The molecule has 8 nitrogen and oxygen atoms in total. The quantitative estimate of drug-likeness (QED) is 0.267. The second-order valence-corrected chi connectivity index (χ2v) is 14.4. The fourth-order valence-corrected chi connectivity index (χ4v) is 9.68. The predicted molar refractivity (Wildman–Crippen MR) is 141 cm³/mol. The lowest BCUT2D eigenvalue weighted by molar-refractivity contribution is -0.253. The van der Waals surface area contributed by atoms with Gasteiger partial charge in [-0.05, 0) is 54.9 Å². The molecule has 0 N–H and O–H groups in total. The van der Waals surface area contributed by atoms with Crippen molar-refractivity contribution in [2.75, 3.05) is 20.3 Å². The fourth-order valence-electron chi connectivity index (χ4n) is 9.68. The lowest BCUT2D eigenvalue weighted by atomic mass is 9.46. The van der Waals surface area contributed by atoms with Crippen molar-refractivity contribution in [2.24, 2.45) is 45.8 Å². The van der Waals surface area contributed by atoms with E-state index in [1.54, 1.807) is 0 Å². The minimum absolute atomic E-state index is 0.0290. The van der Waals surface area contributed by atoms with Crippen molar-refractivity contribution >= 4 is 12.1 Å². The molecule has 2 saturated heterocycles. The SMILES string of the molecule is COC(=O)OC1C=C2CC(OC(C)=O)C3OC3[C@]2(C)[C@H]2CC[C@]3(C)[C@@H](C(C)C4OCC(C)(C)CO4)CC[C@H]3[C@H]12. The van der Waals surface area contributed by atoms with Gasteiger partial charge in [0.2, 0.25) is 0 Å². The van der Waals surface area contributed by atoms with Gasteiger partial charge >= 0.3 is 12.1 Å². The monoisotopic (exact) mass is 546 g/mol. The molecule has 0 spiro atoms. The van der Waals surface area contributed by atoms with E-state index in [0.717, 1.165) is 38.9 Å². The molecule has 4 aliphatic carbocycles. The summed E-state index contributed by atoms with van der Waals surface area (Å²) in [5.41, 5.74) is 1.18. The molecule has 39 heavy (non-hydrogen) atoms. The Labute approximate surface area is 232 Å². The first-order chi connectivity index (χ1) is 18.4. The summed E-state index contributed by atoms with van der Waals surface area (Å²) in [6.07, 6.45) is 5.65. The Morgan fingerprint density at radius 3 is 2.41 bits per heavy atom. The normalized spacial score (nSPS) is 46.9. The van der Waals surface area contributed by atoms with Gasteiger partial charge in [-0.25, -0.2) is 4.79 Å². The Balaban J connectivity index is 1.30. The topological polar surface area (TPSA) is 92.8 Å². The van der Waals surface area contributed by atoms with Crippen LogP contribution in [0, 0.1) is 45.8 Å². The predicted octanol–water partition coefficient (Wildman–Crippen LogP) is 5.28. The van der Waals surface area contributed by atoms with E-state index in [-0.39, 0.29) is 64.8 Å². The van der Waals surface area contributed by atoms with Crippen molar-refractivity contribution in [3.05, 3.63) is 11.6 Å². The van der Waals surface area contributed by atoms with E-state index in [1.807, 2.05) is 0 Å². The van der Waals surface area contributed by atoms with E-state index < -0.39 is 6.16 Å². The zero-order valence-corrected chi connectivity index (χ0v) is 24.6. The van der Waals surface area contributed by atoms with Crippen LogP contribution in [0.15, 0.2) is 11.6 Å². The van der Waals surface area contributed by atoms with Gasteiger partial charge in [-0.2, -0.15) is 0 Å². The molecule has 5 fully saturated rings. The average molecular weight is 547 g/mol. The second-order valence-electron chi connectivity index (χ2n) is 14.4. The molecule has 0 bridgehead atoms. The molecule has 2 aliphatic heterocycles. The van der Waals surface area contributed by atoms with Crippen LogP contribution in [-0.4, -0.2) is 63.2 Å². The summed E-state index contributed by atoms with van der Waals surface area (Å²) in [6, 6.07) is 0. The van der Waals surface area contributed by atoms with E-state index in [4.69, 9.17) is 28.4 Å². The fraction of sp³-hybridized carbons (Fsp3) is 0.871. The van der Waals surface area contributed by atoms with Crippen LogP contribution in [0.5, 0.6) is 0 Å². The number of hydrogen-bond donors (Lipinski definition) is 0. The first kappa shape index (κ1) is 27.5. The lowest BCUT2D eigenvalue weighted by Crippen LogP contribution is -2.58. The molecule has 6 aliphatic rings. The van der Waals surface area contributed by atoms with E-state index in [1.165, 1.54) is 19.6 Å². The minimum Gasteiger partial charge on any atom is -0.459 e. The number of ether oxygens (including phenoxy) is 6. The largest absolute Gasteiger partial charge is 0.508 e. The summed E-state index contributed by atoms with van der Waals surface area (Å²) < 4.78 is 35.4. The Bertz CT molecular complexity index is 1030. The summed E-state index contributed by atoms with van der Waals surface area (Å²) in [5.74, 6) is 1.36. The summed E-state index contributed by atoms with van der Waals surface area (Å²) in [7, 11) is 1.36. The molecular formula is C31H46O8. The van der Waals surface area contributed by atoms with Crippen molar-refractivity contribution in [1.82, 2.24) is 0 Å². The van der Waals surface area contributed by atoms with Gasteiger partial charge in [-0.3, -0.25) is 4.79 Å². The highest BCUT2D eigenvalue weighted by Crippen LogP contribution is 2.70. The van der Waals surface area contributed by atoms with Crippen LogP contribution >= 0.6 is 0 Å². The number of fused-ring (bicyclic) bond motifs is 7. The average Bonchev–Trinajstić information content (AvgIpc) is 3.61. The number of epoxide rings is 1. The van der Waals surface area contributed by atoms with Gasteiger partial charge in [0.25, 0.3) is 0 Å². The molecular weight excluding hydrogens is 500 g/mol. The van der Waals surface area contributed by atoms with Crippen LogP contribution in [0.3, 0.4) is 0 Å². The number of carbonyl (C=O) groups is 2. The summed E-state index contributed by atoms with van der Waals surface area (Å²) in [6.45, 7) is 14.3. The second kappa shape index (κ2) is 9.45. The van der Waals surface area contributed by atoms with Gasteiger partial charge in [0.15, 0.2) is 6.29 Å². The Hall–Kier alpha value is -1.64. The van der Waals surface area contributed by atoms with Crippen molar-refractivity contribution < 1.29 is 38.0 Å². The molecule has 0 aromatic carbocycles. The molecule has 3 saturated carbocycles. The third-order valence-electron chi connectivity index (χ3n) is 11.6. The summed E-state index contributed by atoms with van der Waals surface area (Å²) in [4.78, 5) is 24.3. The molecule has 218 valence electrons. The lowest BCUT2D eigenvalue weighted by Gasteiger charge is -2.59. The van der Waals surface area contributed by atoms with Crippen molar-refractivity contribution in [2.45, 2.75) is 104 Å². The maximum atomic E-state index is 12.5. The zero-order chi connectivity index (χ0) is 27.9. The number of esters is 1. The van der Waals surface area contributed by atoms with Gasteiger partial charge < -0.3 is 28.4 Å². The van der Waals surface area contributed by atoms with Crippen LogP contribution in [0.25, 0.3) is 0 Å². The highest BCUT2D eigenvalue weighted by Gasteiger charge is 2.70. The molecule has 5 unspecified atom stereocenters. The Morgan fingerprint density at radius 2 is 1.74 bits per heavy atom. The molecule has 0 radical (unpaired) electrons. The van der Waals surface area contributed by atoms with Crippen LogP contribution in [-0.2, 0) is 33.2 Å². The van der Waals surface area contributed by atoms with Gasteiger partial charge in [0.05, 0.1) is 26.4 Å². The van der Waals surface area contributed by atoms with Gasteiger partial charge in [-0.15, -0.1) is 0 Å². The zero-order valence-electron chi connectivity index (χ0n) is 24.6. The maximum Gasteiger partial charge on any atom is 0.508 e. The number of carbonyl (C=O) groups excluding carboxylic acids is 2. The van der Waals surface area contributed by atoms with E-state index >= 15 is 0 Å². The molecule has 0 aromatic heterocycles. The van der Waals surface area contributed by atoms with Crippen molar-refractivity contribution in [3.63, 3.8) is 0 Å². The van der Waals surface area contributed by atoms with Gasteiger partial charge in [0.1, 0.15) is 18.3 Å². The molecule has 0 amide bonds. The maximum absolute atomic E-state index is 12.5. The molecule has 11 atom stereocenters. The van der Waals surface area contributed by atoms with Crippen LogP contribution in [0.4, 0.5) is 4.79 Å². The third kappa shape index (κ3) is 4.35. The van der Waals surface area contributed by atoms with E-state index in [2.05, 4.69) is 40.7 Å². The minimum atomic E-state index is -0.645. The third-order valence-corrected chi connectivity index (χ3v) is 11.6. The van der Waals surface area contributed by atoms with Gasteiger partial charge in [0, 0.05) is 36.0 Å². The van der Waals surface area contributed by atoms with Gasteiger partial charge in [-0.1, -0.05) is 40.2 Å². The molecule has 6 rings (SSSR count). The van der Waals surface area contributed by atoms with Crippen LogP contribution in [0.2, 0.25) is 0 Å². The Kier molecular flexibility index (Phi) is 6.67. The summed E-state index contributed by atoms with van der Waals surface area (Å²) in [5, 5.41) is 0. The van der Waals surface area contributed by atoms with Crippen molar-refractivity contribution in [1.29, 1.82) is 0 Å². The van der Waals surface area contributed by atoms with E-state index in [0.29, 0.717) is 24.2 Å². The van der Waals surface area contributed by atoms with Crippen LogP contribution in [0.1, 0.15) is 73.6 Å². The summed E-state index contributed by atoms with van der Waals surface area (Å²) >= 11 is 0. The number of hydrogen-bond acceptors (Lipinski definition) is 8. The first-order valence-electron chi connectivity index (χ1n) is 14.9. The highest BCUT2D eigenvalue weighted by atomic mass is 16.7. The van der Waals surface area contributed by atoms with Crippen LogP contribution < -0.4 is 0 Å². The smallest absolute Gasteiger partial charge is 0.459 e. The molecule has 8 heteroatoms. The Morgan fingerprint density at radius 1 is 1.03 bits per heavy atom. The standard InChI is InChI=1S/C31H46O8/c1-16(27-35-14-29(3,4)15-36-27)19-8-9-20-24-21(10-11-30(19,20)5)31(6)18(12-22(24)38-28(33)34-7)13-23(37-17(2)32)25-26(31)39-25/h12,16,19-27H,8-11,13-15H2,1-7H3/t16?,19-,20+,21+,22?,23?,24+,25?,26?,30-,31+/m1/s1.